The molecule has 1 N–H and O–H groups in total. The summed E-state index contributed by atoms with van der Waals surface area (Å²) >= 11 is 0. The average molecular weight is 417 g/mol. The fourth-order valence-corrected chi connectivity index (χ4v) is 3.50. The quantitative estimate of drug-likeness (QED) is 0.626. The molecule has 1 aliphatic rings. The van der Waals surface area contributed by atoms with Crippen LogP contribution in [0.2, 0.25) is 0 Å². The van der Waals surface area contributed by atoms with Crippen molar-refractivity contribution in [2.24, 2.45) is 0 Å². The molecule has 6 bridgehead atoms. The minimum Gasteiger partial charge on any atom is -0.493 e. The predicted octanol–water partition coefficient (Wildman–Crippen LogP) is 4.67. The molecule has 3 aromatic rings. The molecular formula is C25H28N4O2. The predicted molar refractivity (Wildman–Crippen MR) is 124 cm³/mol. The van der Waals surface area contributed by atoms with E-state index in [1.54, 1.807) is 13.3 Å². The lowest BCUT2D eigenvalue weighted by Crippen LogP contribution is -2.27. The number of benzene rings is 2. The SMILES string of the molecule is COCCN1CC=CCCOc2cccc(c2)-c2ccnc(n2)Nc2cccc(c2)C1. The first-order chi connectivity index (χ1) is 15.3. The Kier molecular flexibility index (Phi) is 7.26. The number of methoxy groups -OCH3 is 1. The van der Waals surface area contributed by atoms with E-state index in [0.29, 0.717) is 19.2 Å². The third-order valence-electron chi connectivity index (χ3n) is 5.07. The van der Waals surface area contributed by atoms with Gasteiger partial charge in [0.2, 0.25) is 5.95 Å². The highest BCUT2D eigenvalue weighted by molar-refractivity contribution is 5.63. The Bertz CT molecular complexity index is 1020. The fraction of sp³-hybridized carbons (Fsp3) is 0.280. The van der Waals surface area contributed by atoms with Crippen molar-refractivity contribution in [1.29, 1.82) is 0 Å². The maximum atomic E-state index is 5.94. The van der Waals surface area contributed by atoms with Crippen molar-refractivity contribution in [1.82, 2.24) is 14.9 Å². The summed E-state index contributed by atoms with van der Waals surface area (Å²) in [6.07, 6.45) is 7.03. The van der Waals surface area contributed by atoms with Crippen LogP contribution in [0, 0.1) is 0 Å². The van der Waals surface area contributed by atoms with Crippen molar-refractivity contribution in [3.05, 3.63) is 78.5 Å². The Morgan fingerprint density at radius 2 is 2.03 bits per heavy atom. The third-order valence-corrected chi connectivity index (χ3v) is 5.07. The van der Waals surface area contributed by atoms with Gasteiger partial charge in [-0.1, -0.05) is 36.4 Å². The molecule has 2 aromatic carbocycles. The molecule has 0 saturated carbocycles. The minimum atomic E-state index is 0.571. The zero-order chi connectivity index (χ0) is 21.3. The number of hydrogen-bond acceptors (Lipinski definition) is 6. The van der Waals surface area contributed by atoms with Gasteiger partial charge in [-0.25, -0.2) is 9.97 Å². The van der Waals surface area contributed by atoms with E-state index >= 15 is 0 Å². The molecule has 0 radical (unpaired) electrons. The summed E-state index contributed by atoms with van der Waals surface area (Å²) in [5.41, 5.74) is 4.05. The molecule has 6 nitrogen and oxygen atoms in total. The molecule has 0 saturated heterocycles. The van der Waals surface area contributed by atoms with Crippen molar-refractivity contribution >= 4 is 11.6 Å². The number of rotatable bonds is 3. The number of aromatic nitrogens is 2. The van der Waals surface area contributed by atoms with Crippen molar-refractivity contribution in [3.63, 3.8) is 0 Å². The number of hydrogen-bond donors (Lipinski definition) is 1. The molecule has 1 aromatic heterocycles. The van der Waals surface area contributed by atoms with Gasteiger partial charge < -0.3 is 14.8 Å². The van der Waals surface area contributed by atoms with Crippen molar-refractivity contribution in [2.45, 2.75) is 13.0 Å². The molecule has 1 aliphatic heterocycles. The van der Waals surface area contributed by atoms with Crippen LogP contribution in [0.5, 0.6) is 5.75 Å². The largest absolute Gasteiger partial charge is 0.493 e. The van der Waals surface area contributed by atoms with Crippen LogP contribution in [0.25, 0.3) is 11.3 Å². The molecule has 2 heterocycles. The first kappa shape index (κ1) is 21.0. The van der Waals surface area contributed by atoms with Crippen LogP contribution in [0.3, 0.4) is 0 Å². The van der Waals surface area contributed by atoms with Crippen molar-refractivity contribution in [3.8, 4) is 17.0 Å². The van der Waals surface area contributed by atoms with Gasteiger partial charge in [0.05, 0.1) is 18.9 Å². The number of nitrogens with zero attached hydrogens (tertiary/aromatic N) is 3. The van der Waals surface area contributed by atoms with E-state index in [2.05, 4.69) is 45.6 Å². The zero-order valence-corrected chi connectivity index (χ0v) is 17.8. The van der Waals surface area contributed by atoms with E-state index in [9.17, 15) is 0 Å². The average Bonchev–Trinajstić information content (AvgIpc) is 2.79. The molecule has 31 heavy (non-hydrogen) atoms. The zero-order valence-electron chi connectivity index (χ0n) is 17.8. The van der Waals surface area contributed by atoms with E-state index < -0.39 is 0 Å². The first-order valence-electron chi connectivity index (χ1n) is 10.6. The maximum Gasteiger partial charge on any atom is 0.227 e. The van der Waals surface area contributed by atoms with Gasteiger partial charge in [-0.2, -0.15) is 0 Å². The minimum absolute atomic E-state index is 0.571. The van der Waals surface area contributed by atoms with Gasteiger partial charge in [-0.3, -0.25) is 4.90 Å². The lowest BCUT2D eigenvalue weighted by atomic mass is 10.1. The second-order valence-corrected chi connectivity index (χ2v) is 7.46. The summed E-state index contributed by atoms with van der Waals surface area (Å²) in [6, 6.07) is 18.3. The number of fused-ring (bicyclic) bond motifs is 7. The molecule has 6 heteroatoms. The maximum absolute atomic E-state index is 5.94. The lowest BCUT2D eigenvalue weighted by Gasteiger charge is -2.21. The smallest absolute Gasteiger partial charge is 0.227 e. The molecule has 0 unspecified atom stereocenters. The van der Waals surface area contributed by atoms with E-state index in [-0.39, 0.29) is 0 Å². The van der Waals surface area contributed by atoms with Gasteiger partial charge >= 0.3 is 0 Å². The van der Waals surface area contributed by atoms with Crippen LogP contribution in [-0.4, -0.2) is 48.3 Å². The topological polar surface area (TPSA) is 59.5 Å². The number of ether oxygens (including phenoxy) is 2. The van der Waals surface area contributed by atoms with Gasteiger partial charge in [-0.15, -0.1) is 0 Å². The Morgan fingerprint density at radius 1 is 1.10 bits per heavy atom. The molecule has 0 fully saturated rings. The second kappa shape index (κ2) is 10.7. The Labute approximate surface area is 183 Å². The molecule has 0 atom stereocenters. The van der Waals surface area contributed by atoms with Gasteiger partial charge in [0, 0.05) is 44.2 Å². The molecule has 4 rings (SSSR count). The van der Waals surface area contributed by atoms with E-state index in [1.807, 2.05) is 36.4 Å². The molecular weight excluding hydrogens is 388 g/mol. The highest BCUT2D eigenvalue weighted by Gasteiger charge is 2.08. The monoisotopic (exact) mass is 416 g/mol. The van der Waals surface area contributed by atoms with Gasteiger partial charge in [-0.05, 0) is 42.3 Å². The Hall–Kier alpha value is -3.22. The van der Waals surface area contributed by atoms with Crippen molar-refractivity contribution < 1.29 is 9.47 Å². The van der Waals surface area contributed by atoms with Gasteiger partial charge in [0.25, 0.3) is 0 Å². The Balaban J connectivity index is 1.63. The van der Waals surface area contributed by atoms with Crippen LogP contribution >= 0.6 is 0 Å². The van der Waals surface area contributed by atoms with Gasteiger partial charge in [0.15, 0.2) is 0 Å². The number of nitrogens with one attached hydrogen (secondary N) is 1. The molecule has 0 amide bonds. The molecule has 0 aliphatic carbocycles. The second-order valence-electron chi connectivity index (χ2n) is 7.46. The third kappa shape index (κ3) is 6.13. The first-order valence-corrected chi connectivity index (χ1v) is 10.6. The molecule has 160 valence electrons. The summed E-state index contributed by atoms with van der Waals surface area (Å²) in [5.74, 6) is 1.41. The van der Waals surface area contributed by atoms with E-state index in [4.69, 9.17) is 14.5 Å². The summed E-state index contributed by atoms with van der Waals surface area (Å²) in [6.45, 7) is 3.91. The molecule has 0 spiro atoms. The standard InChI is InChI=1S/C25H28N4O2/c1-30-16-14-29-13-3-2-4-15-31-23-10-6-8-21(18-23)24-11-12-26-25(28-24)27-22-9-5-7-20(17-22)19-29/h2-3,5-12,17-18H,4,13-16,19H2,1H3,(H,26,27,28). The van der Waals surface area contributed by atoms with Crippen LogP contribution in [-0.2, 0) is 11.3 Å². The summed E-state index contributed by atoms with van der Waals surface area (Å²) in [7, 11) is 1.74. The van der Waals surface area contributed by atoms with Crippen LogP contribution in [0.1, 0.15) is 12.0 Å². The van der Waals surface area contributed by atoms with Crippen LogP contribution in [0.15, 0.2) is 72.9 Å². The summed E-state index contributed by atoms with van der Waals surface area (Å²) < 4.78 is 11.2. The van der Waals surface area contributed by atoms with E-state index in [0.717, 1.165) is 48.7 Å². The highest BCUT2D eigenvalue weighted by Crippen LogP contribution is 2.24. The summed E-state index contributed by atoms with van der Waals surface area (Å²) in [5, 5.41) is 3.34. The van der Waals surface area contributed by atoms with E-state index in [1.165, 1.54) is 5.56 Å². The normalized spacial score (nSPS) is 14.7. The van der Waals surface area contributed by atoms with Crippen LogP contribution < -0.4 is 10.1 Å². The lowest BCUT2D eigenvalue weighted by molar-refractivity contribution is 0.151. The van der Waals surface area contributed by atoms with Crippen molar-refractivity contribution in [2.75, 3.05) is 38.7 Å². The Morgan fingerprint density at radius 3 is 2.97 bits per heavy atom. The van der Waals surface area contributed by atoms with Gasteiger partial charge in [0.1, 0.15) is 5.75 Å². The summed E-state index contributed by atoms with van der Waals surface area (Å²) in [4.78, 5) is 11.5. The highest BCUT2D eigenvalue weighted by atomic mass is 16.5. The fourth-order valence-electron chi connectivity index (χ4n) is 3.50. The van der Waals surface area contributed by atoms with Crippen LogP contribution in [0.4, 0.5) is 11.6 Å². The number of anilines is 2.